The maximum absolute atomic E-state index is 11.5. The van der Waals surface area contributed by atoms with Gasteiger partial charge in [0.25, 0.3) is 0 Å². The normalized spacial score (nSPS) is 34.6. The van der Waals surface area contributed by atoms with E-state index in [1.807, 2.05) is 30.3 Å². The van der Waals surface area contributed by atoms with Gasteiger partial charge in [0.15, 0.2) is 10.6 Å². The van der Waals surface area contributed by atoms with Gasteiger partial charge in [0.2, 0.25) is 0 Å². The standard InChI is InChI=1S/C18H19Cl3O6/c1-9(22)24-8-12-15(25-10(2)23)14(19)13-17(26-12)27-16(18(13,20)21)11-6-4-3-5-7-11/h3-7,12-17H,8H2,1-2H3/t12-,13-,14-,15+,16-,17-/m1/s1. The number of carbonyl (C=O) groups is 2. The van der Waals surface area contributed by atoms with Crippen LogP contribution in [0.1, 0.15) is 25.5 Å². The first-order valence-corrected chi connectivity index (χ1v) is 9.59. The molecule has 0 aromatic heterocycles. The second-order valence-electron chi connectivity index (χ2n) is 6.49. The van der Waals surface area contributed by atoms with E-state index in [2.05, 4.69) is 0 Å². The van der Waals surface area contributed by atoms with Crippen molar-refractivity contribution in [3.63, 3.8) is 0 Å². The fourth-order valence-electron chi connectivity index (χ4n) is 3.40. The van der Waals surface area contributed by atoms with Gasteiger partial charge in [-0.05, 0) is 5.56 Å². The van der Waals surface area contributed by atoms with E-state index in [0.29, 0.717) is 0 Å². The van der Waals surface area contributed by atoms with Crippen LogP contribution in [0.3, 0.4) is 0 Å². The summed E-state index contributed by atoms with van der Waals surface area (Å²) in [4.78, 5) is 22.7. The van der Waals surface area contributed by atoms with Crippen LogP contribution in [-0.2, 0) is 28.5 Å². The molecule has 148 valence electrons. The summed E-state index contributed by atoms with van der Waals surface area (Å²) in [5.41, 5.74) is 0.768. The van der Waals surface area contributed by atoms with Crippen LogP contribution in [-0.4, -0.2) is 46.8 Å². The summed E-state index contributed by atoms with van der Waals surface area (Å²) in [5, 5.41) is -0.808. The Morgan fingerprint density at radius 2 is 1.78 bits per heavy atom. The van der Waals surface area contributed by atoms with Crippen LogP contribution in [0.5, 0.6) is 0 Å². The van der Waals surface area contributed by atoms with Crippen LogP contribution in [0.25, 0.3) is 0 Å². The molecule has 6 nitrogen and oxygen atoms in total. The molecule has 1 aromatic rings. The third kappa shape index (κ3) is 4.20. The molecule has 0 amide bonds. The molecule has 0 bridgehead atoms. The van der Waals surface area contributed by atoms with E-state index in [4.69, 9.17) is 53.8 Å². The molecule has 0 N–H and O–H groups in total. The summed E-state index contributed by atoms with van der Waals surface area (Å²) in [6.07, 6.45) is -3.25. The predicted octanol–water partition coefficient (Wildman–Crippen LogP) is 3.38. The highest BCUT2D eigenvalue weighted by molar-refractivity contribution is 6.49. The van der Waals surface area contributed by atoms with Gasteiger partial charge in [-0.2, -0.15) is 0 Å². The quantitative estimate of drug-likeness (QED) is 0.531. The van der Waals surface area contributed by atoms with Crippen LogP contribution in [0.4, 0.5) is 0 Å². The first-order valence-electron chi connectivity index (χ1n) is 8.40. The summed E-state index contributed by atoms with van der Waals surface area (Å²) < 4.78 is 20.8. The Kier molecular flexibility index (Phi) is 6.23. The molecule has 0 spiro atoms. The van der Waals surface area contributed by atoms with E-state index >= 15 is 0 Å². The minimum absolute atomic E-state index is 0.142. The number of fused-ring (bicyclic) bond motifs is 1. The van der Waals surface area contributed by atoms with Gasteiger partial charge in [-0.25, -0.2) is 0 Å². The van der Waals surface area contributed by atoms with Gasteiger partial charge in [0.05, 0.1) is 11.3 Å². The van der Waals surface area contributed by atoms with Crippen molar-refractivity contribution in [2.75, 3.05) is 6.61 Å². The van der Waals surface area contributed by atoms with E-state index in [-0.39, 0.29) is 6.61 Å². The van der Waals surface area contributed by atoms with Gasteiger partial charge in [0.1, 0.15) is 24.9 Å². The average Bonchev–Trinajstić information content (AvgIpc) is 2.87. The highest BCUT2D eigenvalue weighted by Gasteiger charge is 2.64. The second kappa shape index (κ2) is 8.13. The Morgan fingerprint density at radius 3 is 2.37 bits per heavy atom. The molecular weight excluding hydrogens is 419 g/mol. The summed E-state index contributed by atoms with van der Waals surface area (Å²) in [6.45, 7) is 2.38. The molecule has 9 heteroatoms. The Bertz CT molecular complexity index is 698. The first-order chi connectivity index (χ1) is 12.7. The van der Waals surface area contributed by atoms with E-state index < -0.39 is 52.2 Å². The van der Waals surface area contributed by atoms with Crippen molar-refractivity contribution in [1.29, 1.82) is 0 Å². The zero-order valence-corrected chi connectivity index (χ0v) is 16.9. The lowest BCUT2D eigenvalue weighted by Gasteiger charge is -2.42. The maximum Gasteiger partial charge on any atom is 0.303 e. The van der Waals surface area contributed by atoms with Gasteiger partial charge in [0, 0.05) is 13.8 Å². The Hall–Kier alpha value is -1.05. The fourth-order valence-corrected chi connectivity index (χ4v) is 4.89. The lowest BCUT2D eigenvalue weighted by Crippen LogP contribution is -2.57. The lowest BCUT2D eigenvalue weighted by molar-refractivity contribution is -0.240. The Labute approximate surface area is 171 Å². The molecular formula is C18H19Cl3O6. The van der Waals surface area contributed by atoms with Gasteiger partial charge in [-0.1, -0.05) is 53.5 Å². The maximum atomic E-state index is 11.5. The van der Waals surface area contributed by atoms with E-state index in [1.165, 1.54) is 13.8 Å². The molecule has 2 aliphatic rings. The Balaban J connectivity index is 1.88. The number of ether oxygens (including phenoxy) is 4. The minimum atomic E-state index is -1.41. The number of alkyl halides is 3. The number of rotatable bonds is 4. The zero-order chi connectivity index (χ0) is 19.8. The lowest BCUT2D eigenvalue weighted by atomic mass is 9.89. The SMILES string of the molecule is CC(=O)OC[C@H]1O[C@@H]2O[C@H](c3ccccc3)C(Cl)(Cl)[C@@H]2[C@@H](Cl)[C@H]1OC(C)=O. The third-order valence-corrected chi connectivity index (χ3v) is 5.97. The highest BCUT2D eigenvalue weighted by Crippen LogP contribution is 2.57. The number of carbonyl (C=O) groups excluding carboxylic acids is 2. The molecule has 2 saturated heterocycles. The van der Waals surface area contributed by atoms with E-state index in [0.717, 1.165) is 5.56 Å². The fraction of sp³-hybridized carbons (Fsp3) is 0.556. The van der Waals surface area contributed by atoms with Crippen molar-refractivity contribution in [2.24, 2.45) is 5.92 Å². The highest BCUT2D eigenvalue weighted by atomic mass is 35.5. The smallest absolute Gasteiger partial charge is 0.303 e. The number of hydrogen-bond donors (Lipinski definition) is 0. The number of hydrogen-bond acceptors (Lipinski definition) is 6. The number of esters is 2. The molecule has 2 heterocycles. The Morgan fingerprint density at radius 1 is 1.11 bits per heavy atom. The van der Waals surface area contributed by atoms with Crippen molar-refractivity contribution in [2.45, 2.75) is 48.2 Å². The molecule has 1 aromatic carbocycles. The molecule has 2 aliphatic heterocycles. The van der Waals surface area contributed by atoms with Crippen molar-refractivity contribution in [3.05, 3.63) is 35.9 Å². The first kappa shape index (κ1) is 20.7. The van der Waals surface area contributed by atoms with Crippen molar-refractivity contribution in [1.82, 2.24) is 0 Å². The van der Waals surface area contributed by atoms with Crippen molar-refractivity contribution in [3.8, 4) is 0 Å². The van der Waals surface area contributed by atoms with Crippen molar-refractivity contribution < 1.29 is 28.5 Å². The molecule has 3 rings (SSSR count). The summed E-state index contributed by atoms with van der Waals surface area (Å²) in [7, 11) is 0. The third-order valence-electron chi connectivity index (χ3n) is 4.54. The molecule has 0 saturated carbocycles. The molecule has 6 atom stereocenters. The molecule has 27 heavy (non-hydrogen) atoms. The van der Waals surface area contributed by atoms with Gasteiger partial charge < -0.3 is 18.9 Å². The zero-order valence-electron chi connectivity index (χ0n) is 14.6. The molecule has 2 fully saturated rings. The summed E-state index contributed by atoms with van der Waals surface area (Å²) in [6, 6.07) is 9.22. The molecule has 0 radical (unpaired) electrons. The average molecular weight is 438 g/mol. The molecule has 0 unspecified atom stereocenters. The summed E-state index contributed by atoms with van der Waals surface area (Å²) in [5.74, 6) is -1.72. The van der Waals surface area contributed by atoms with Crippen LogP contribution >= 0.6 is 34.8 Å². The largest absolute Gasteiger partial charge is 0.463 e. The van der Waals surface area contributed by atoms with E-state index in [1.54, 1.807) is 0 Å². The monoisotopic (exact) mass is 436 g/mol. The number of halogens is 3. The predicted molar refractivity (Wildman–Crippen MR) is 98.7 cm³/mol. The topological polar surface area (TPSA) is 71.1 Å². The van der Waals surface area contributed by atoms with Crippen molar-refractivity contribution >= 4 is 46.7 Å². The number of benzene rings is 1. The molecule has 0 aliphatic carbocycles. The van der Waals surface area contributed by atoms with Gasteiger partial charge >= 0.3 is 11.9 Å². The van der Waals surface area contributed by atoms with Crippen LogP contribution in [0, 0.1) is 5.92 Å². The van der Waals surface area contributed by atoms with Crippen LogP contribution < -0.4 is 0 Å². The van der Waals surface area contributed by atoms with Crippen LogP contribution in [0.2, 0.25) is 0 Å². The van der Waals surface area contributed by atoms with Crippen LogP contribution in [0.15, 0.2) is 30.3 Å². The van der Waals surface area contributed by atoms with Gasteiger partial charge in [-0.15, -0.1) is 11.6 Å². The van der Waals surface area contributed by atoms with E-state index in [9.17, 15) is 9.59 Å². The minimum Gasteiger partial charge on any atom is -0.463 e. The summed E-state index contributed by atoms with van der Waals surface area (Å²) >= 11 is 20.0. The van der Waals surface area contributed by atoms with Gasteiger partial charge in [-0.3, -0.25) is 9.59 Å². The second-order valence-corrected chi connectivity index (χ2v) is 8.44.